The van der Waals surface area contributed by atoms with Gasteiger partial charge in [0.05, 0.1) is 12.1 Å². The zero-order valence-corrected chi connectivity index (χ0v) is 12.5. The Morgan fingerprint density at radius 1 is 1.55 bits per heavy atom. The number of amides is 1. The van der Waals surface area contributed by atoms with E-state index < -0.39 is 0 Å². The summed E-state index contributed by atoms with van der Waals surface area (Å²) in [5.74, 6) is 0.876. The standard InChI is InChI=1S/C16H25N3O/c1-3-13-6-8-19(14(9-13)11-17)16(20)10-15-12(2)5-4-7-18-15/h4-5,7,13-14H,3,6,8-11,17H2,1-2H3. The van der Waals surface area contributed by atoms with E-state index in [0.717, 1.165) is 30.6 Å². The predicted octanol–water partition coefficient (Wildman–Crippen LogP) is 1.91. The van der Waals surface area contributed by atoms with E-state index in [1.54, 1.807) is 6.20 Å². The molecule has 0 spiro atoms. The molecule has 2 rings (SSSR count). The molecule has 1 aromatic rings. The molecule has 1 amide bonds. The van der Waals surface area contributed by atoms with Crippen LogP contribution in [0.4, 0.5) is 0 Å². The van der Waals surface area contributed by atoms with Crippen LogP contribution >= 0.6 is 0 Å². The lowest BCUT2D eigenvalue weighted by Gasteiger charge is -2.39. The number of aryl methyl sites for hydroxylation is 1. The summed E-state index contributed by atoms with van der Waals surface area (Å²) < 4.78 is 0. The smallest absolute Gasteiger partial charge is 0.228 e. The second-order valence-electron chi connectivity index (χ2n) is 5.72. The Labute approximate surface area is 121 Å². The first kappa shape index (κ1) is 15.0. The molecule has 1 aliphatic heterocycles. The molecule has 2 N–H and O–H groups in total. The Morgan fingerprint density at radius 3 is 3.00 bits per heavy atom. The molecule has 1 aromatic heterocycles. The van der Waals surface area contributed by atoms with Crippen molar-refractivity contribution in [2.24, 2.45) is 11.7 Å². The highest BCUT2D eigenvalue weighted by atomic mass is 16.2. The van der Waals surface area contributed by atoms with Crippen LogP contribution in [-0.4, -0.2) is 34.9 Å². The van der Waals surface area contributed by atoms with Gasteiger partial charge in [-0.25, -0.2) is 0 Å². The maximum atomic E-state index is 12.5. The Bertz CT molecular complexity index is 461. The van der Waals surface area contributed by atoms with Gasteiger partial charge in [-0.2, -0.15) is 0 Å². The quantitative estimate of drug-likeness (QED) is 0.913. The summed E-state index contributed by atoms with van der Waals surface area (Å²) in [6, 6.07) is 4.10. The van der Waals surface area contributed by atoms with Gasteiger partial charge in [0, 0.05) is 25.3 Å². The molecule has 1 saturated heterocycles. The van der Waals surface area contributed by atoms with Crippen molar-refractivity contribution in [2.75, 3.05) is 13.1 Å². The van der Waals surface area contributed by atoms with E-state index in [9.17, 15) is 4.79 Å². The Kier molecular flexibility index (Phi) is 5.12. The highest BCUT2D eigenvalue weighted by Crippen LogP contribution is 2.25. The number of aromatic nitrogens is 1. The molecule has 1 aliphatic rings. The lowest BCUT2D eigenvalue weighted by atomic mass is 9.88. The zero-order chi connectivity index (χ0) is 14.5. The van der Waals surface area contributed by atoms with Crippen LogP contribution in [0.25, 0.3) is 0 Å². The molecule has 0 aromatic carbocycles. The van der Waals surface area contributed by atoms with Gasteiger partial charge in [0.25, 0.3) is 0 Å². The number of carbonyl (C=O) groups is 1. The van der Waals surface area contributed by atoms with Crippen molar-refractivity contribution in [1.29, 1.82) is 0 Å². The fraction of sp³-hybridized carbons (Fsp3) is 0.625. The molecule has 0 bridgehead atoms. The van der Waals surface area contributed by atoms with Crippen molar-refractivity contribution in [3.05, 3.63) is 29.6 Å². The lowest BCUT2D eigenvalue weighted by Crippen LogP contribution is -2.50. The second kappa shape index (κ2) is 6.84. The fourth-order valence-corrected chi connectivity index (χ4v) is 3.00. The van der Waals surface area contributed by atoms with Crippen LogP contribution in [0.5, 0.6) is 0 Å². The second-order valence-corrected chi connectivity index (χ2v) is 5.72. The van der Waals surface area contributed by atoms with E-state index in [1.165, 1.54) is 6.42 Å². The van der Waals surface area contributed by atoms with Crippen LogP contribution in [0, 0.1) is 12.8 Å². The zero-order valence-electron chi connectivity index (χ0n) is 12.5. The van der Waals surface area contributed by atoms with Gasteiger partial charge in [-0.1, -0.05) is 19.4 Å². The molecule has 2 unspecified atom stereocenters. The van der Waals surface area contributed by atoms with E-state index in [4.69, 9.17) is 5.73 Å². The molecule has 1 fully saturated rings. The molecule has 0 saturated carbocycles. The molecule has 0 radical (unpaired) electrons. The van der Waals surface area contributed by atoms with Crippen LogP contribution in [-0.2, 0) is 11.2 Å². The molecular weight excluding hydrogens is 250 g/mol. The summed E-state index contributed by atoms with van der Waals surface area (Å²) in [5.41, 5.74) is 7.82. The summed E-state index contributed by atoms with van der Waals surface area (Å²) in [7, 11) is 0. The van der Waals surface area contributed by atoms with Crippen LogP contribution in [0.3, 0.4) is 0 Å². The van der Waals surface area contributed by atoms with Crippen molar-refractivity contribution in [3.63, 3.8) is 0 Å². The van der Waals surface area contributed by atoms with E-state index in [2.05, 4.69) is 11.9 Å². The van der Waals surface area contributed by atoms with E-state index >= 15 is 0 Å². The van der Waals surface area contributed by atoms with Gasteiger partial charge >= 0.3 is 0 Å². The van der Waals surface area contributed by atoms with Gasteiger partial charge in [-0.15, -0.1) is 0 Å². The van der Waals surface area contributed by atoms with Crippen molar-refractivity contribution in [1.82, 2.24) is 9.88 Å². The minimum atomic E-state index is 0.164. The van der Waals surface area contributed by atoms with Crippen molar-refractivity contribution >= 4 is 5.91 Å². The number of likely N-dealkylation sites (tertiary alicyclic amines) is 1. The van der Waals surface area contributed by atoms with Gasteiger partial charge in [0.1, 0.15) is 0 Å². The monoisotopic (exact) mass is 275 g/mol. The van der Waals surface area contributed by atoms with Gasteiger partial charge in [-0.05, 0) is 37.3 Å². The molecule has 4 nitrogen and oxygen atoms in total. The Balaban J connectivity index is 2.03. The maximum Gasteiger partial charge on any atom is 0.228 e. The molecular formula is C16H25N3O. The molecule has 4 heteroatoms. The number of pyridine rings is 1. The highest BCUT2D eigenvalue weighted by molar-refractivity contribution is 5.79. The molecule has 0 aliphatic carbocycles. The average Bonchev–Trinajstić information content (AvgIpc) is 2.48. The SMILES string of the molecule is CCC1CCN(C(=O)Cc2ncccc2C)C(CN)C1. The molecule has 2 atom stereocenters. The summed E-state index contributed by atoms with van der Waals surface area (Å²) in [6.45, 7) is 5.61. The first-order valence-electron chi connectivity index (χ1n) is 7.55. The van der Waals surface area contributed by atoms with Crippen LogP contribution < -0.4 is 5.73 Å². The minimum absolute atomic E-state index is 0.164. The number of carbonyl (C=O) groups excluding carboxylic acids is 1. The van der Waals surface area contributed by atoms with Crippen LogP contribution in [0.1, 0.15) is 37.4 Å². The summed E-state index contributed by atoms with van der Waals surface area (Å²) in [5, 5.41) is 0. The number of nitrogens with zero attached hydrogens (tertiary/aromatic N) is 2. The number of piperidine rings is 1. The number of hydrogen-bond donors (Lipinski definition) is 1. The summed E-state index contributed by atoms with van der Waals surface area (Å²) in [4.78, 5) is 18.8. The topological polar surface area (TPSA) is 59.2 Å². The molecule has 20 heavy (non-hydrogen) atoms. The van der Waals surface area contributed by atoms with E-state index in [-0.39, 0.29) is 11.9 Å². The van der Waals surface area contributed by atoms with Gasteiger partial charge in [0.15, 0.2) is 0 Å². The maximum absolute atomic E-state index is 12.5. The van der Waals surface area contributed by atoms with Gasteiger partial charge in [0.2, 0.25) is 5.91 Å². The summed E-state index contributed by atoms with van der Waals surface area (Å²) >= 11 is 0. The largest absolute Gasteiger partial charge is 0.338 e. The van der Waals surface area contributed by atoms with Gasteiger partial charge < -0.3 is 10.6 Å². The minimum Gasteiger partial charge on any atom is -0.338 e. The average molecular weight is 275 g/mol. The van der Waals surface area contributed by atoms with Crippen molar-refractivity contribution in [2.45, 2.75) is 45.6 Å². The predicted molar refractivity (Wildman–Crippen MR) is 80.2 cm³/mol. The first-order chi connectivity index (χ1) is 9.65. The normalized spacial score (nSPS) is 22.9. The number of nitrogens with two attached hydrogens (primary N) is 1. The summed E-state index contributed by atoms with van der Waals surface area (Å²) in [6.07, 6.45) is 5.46. The van der Waals surface area contributed by atoms with E-state index in [1.807, 2.05) is 24.0 Å². The van der Waals surface area contributed by atoms with Crippen molar-refractivity contribution in [3.8, 4) is 0 Å². The lowest BCUT2D eigenvalue weighted by molar-refractivity contribution is -0.134. The van der Waals surface area contributed by atoms with E-state index in [0.29, 0.717) is 18.9 Å². The number of rotatable bonds is 4. The highest BCUT2D eigenvalue weighted by Gasteiger charge is 2.30. The van der Waals surface area contributed by atoms with Crippen LogP contribution in [0.15, 0.2) is 18.3 Å². The third kappa shape index (κ3) is 3.37. The fourth-order valence-electron chi connectivity index (χ4n) is 3.00. The molecule has 110 valence electrons. The third-order valence-electron chi connectivity index (χ3n) is 4.43. The molecule has 2 heterocycles. The third-order valence-corrected chi connectivity index (χ3v) is 4.43. The van der Waals surface area contributed by atoms with Crippen molar-refractivity contribution < 1.29 is 4.79 Å². The first-order valence-corrected chi connectivity index (χ1v) is 7.55. The Morgan fingerprint density at radius 2 is 2.35 bits per heavy atom. The number of hydrogen-bond acceptors (Lipinski definition) is 3. The van der Waals surface area contributed by atoms with Crippen LogP contribution in [0.2, 0.25) is 0 Å². The van der Waals surface area contributed by atoms with Gasteiger partial charge in [-0.3, -0.25) is 9.78 Å². The Hall–Kier alpha value is -1.42.